The molecule has 2 heterocycles. The van der Waals surface area contributed by atoms with Crippen molar-refractivity contribution in [1.82, 2.24) is 9.88 Å². The Hall–Kier alpha value is -3.05. The summed E-state index contributed by atoms with van der Waals surface area (Å²) < 4.78 is 9.03. The number of hydrogen-bond donors (Lipinski definition) is 1. The molecule has 0 aliphatic heterocycles. The summed E-state index contributed by atoms with van der Waals surface area (Å²) in [7, 11) is 0. The molecule has 0 saturated carbocycles. The zero-order valence-electron chi connectivity index (χ0n) is 15.7. The molecule has 0 radical (unpaired) electrons. The predicted molar refractivity (Wildman–Crippen MR) is 114 cm³/mol. The van der Waals surface area contributed by atoms with Gasteiger partial charge in [0.25, 0.3) is 5.91 Å². The predicted octanol–water partition coefficient (Wildman–Crippen LogP) is 5.02. The van der Waals surface area contributed by atoms with Gasteiger partial charge in [-0.1, -0.05) is 48.5 Å². The van der Waals surface area contributed by atoms with Crippen LogP contribution in [0.5, 0.6) is 5.75 Å². The van der Waals surface area contributed by atoms with E-state index in [-0.39, 0.29) is 5.91 Å². The molecule has 0 aliphatic carbocycles. The molecule has 1 amide bonds. The fourth-order valence-electron chi connectivity index (χ4n) is 3.23. The number of ether oxygens (including phenoxy) is 1. The van der Waals surface area contributed by atoms with E-state index in [1.54, 1.807) is 11.3 Å². The Morgan fingerprint density at radius 3 is 2.50 bits per heavy atom. The van der Waals surface area contributed by atoms with Gasteiger partial charge in [0.05, 0.1) is 16.8 Å². The minimum Gasteiger partial charge on any atom is -0.492 e. The first-order chi connectivity index (χ1) is 13.7. The van der Waals surface area contributed by atoms with Gasteiger partial charge in [0, 0.05) is 11.4 Å². The molecule has 1 N–H and O–H groups in total. The van der Waals surface area contributed by atoms with Crippen molar-refractivity contribution in [2.24, 2.45) is 0 Å². The molecule has 0 fully saturated rings. The number of benzene rings is 2. The average Bonchev–Trinajstić information content (AvgIpc) is 3.24. The standard InChI is InChI=1S/C23H22N2O2S/c1-17-14-20-22(28-17)15-21(23(26)24-16-18-8-4-2-5-9-18)25(20)12-13-27-19-10-6-3-7-11-19/h2-11,14-15H,12-13,16H2,1H3,(H,24,26). The van der Waals surface area contributed by atoms with Crippen LogP contribution in [0.15, 0.2) is 72.8 Å². The molecule has 2 aromatic heterocycles. The van der Waals surface area contributed by atoms with Crippen LogP contribution in [0.1, 0.15) is 20.9 Å². The number of hydrogen-bond acceptors (Lipinski definition) is 3. The summed E-state index contributed by atoms with van der Waals surface area (Å²) in [6.07, 6.45) is 0. The maximum absolute atomic E-state index is 12.9. The zero-order chi connectivity index (χ0) is 19.3. The first-order valence-electron chi connectivity index (χ1n) is 9.30. The topological polar surface area (TPSA) is 43.3 Å². The van der Waals surface area contributed by atoms with Gasteiger partial charge in [0.1, 0.15) is 18.1 Å². The number of nitrogens with zero attached hydrogens (tertiary/aromatic N) is 1. The smallest absolute Gasteiger partial charge is 0.268 e. The molecule has 0 spiro atoms. The summed E-state index contributed by atoms with van der Waals surface area (Å²) >= 11 is 1.71. The second kappa shape index (κ2) is 8.31. The van der Waals surface area contributed by atoms with Crippen LogP contribution in [0.3, 0.4) is 0 Å². The van der Waals surface area contributed by atoms with Crippen LogP contribution in [0.25, 0.3) is 10.2 Å². The van der Waals surface area contributed by atoms with E-state index in [1.165, 1.54) is 4.88 Å². The van der Waals surface area contributed by atoms with Crippen molar-refractivity contribution in [2.75, 3.05) is 6.61 Å². The van der Waals surface area contributed by atoms with Crippen molar-refractivity contribution in [3.63, 3.8) is 0 Å². The normalized spacial score (nSPS) is 10.9. The molecular formula is C23H22N2O2S. The fraction of sp³-hybridized carbons (Fsp3) is 0.174. The van der Waals surface area contributed by atoms with E-state index in [0.29, 0.717) is 25.4 Å². The zero-order valence-corrected chi connectivity index (χ0v) is 16.5. The third-order valence-electron chi connectivity index (χ3n) is 4.57. The number of carbonyl (C=O) groups excluding carboxylic acids is 1. The SMILES string of the molecule is Cc1cc2c(cc(C(=O)NCc3ccccc3)n2CCOc2ccccc2)s1. The highest BCUT2D eigenvalue weighted by Crippen LogP contribution is 2.29. The van der Waals surface area contributed by atoms with Crippen molar-refractivity contribution in [3.05, 3.63) is 88.9 Å². The van der Waals surface area contributed by atoms with Crippen LogP contribution >= 0.6 is 11.3 Å². The first kappa shape index (κ1) is 18.3. The monoisotopic (exact) mass is 390 g/mol. The number of nitrogens with one attached hydrogen (secondary N) is 1. The summed E-state index contributed by atoms with van der Waals surface area (Å²) in [4.78, 5) is 14.1. The second-order valence-corrected chi connectivity index (χ2v) is 7.91. The lowest BCUT2D eigenvalue weighted by molar-refractivity contribution is 0.0941. The number of aryl methyl sites for hydroxylation is 1. The maximum Gasteiger partial charge on any atom is 0.268 e. The van der Waals surface area contributed by atoms with Gasteiger partial charge in [-0.05, 0) is 36.8 Å². The highest BCUT2D eigenvalue weighted by atomic mass is 32.1. The lowest BCUT2D eigenvalue weighted by Gasteiger charge is -2.12. The molecule has 4 aromatic rings. The first-order valence-corrected chi connectivity index (χ1v) is 10.1. The van der Waals surface area contributed by atoms with Gasteiger partial charge in [-0.2, -0.15) is 0 Å². The van der Waals surface area contributed by atoms with Gasteiger partial charge in [0.15, 0.2) is 0 Å². The number of fused-ring (bicyclic) bond motifs is 1. The molecule has 4 nitrogen and oxygen atoms in total. The molecule has 28 heavy (non-hydrogen) atoms. The quantitative estimate of drug-likeness (QED) is 0.481. The third kappa shape index (κ3) is 4.10. The van der Waals surface area contributed by atoms with Gasteiger partial charge >= 0.3 is 0 Å². The third-order valence-corrected chi connectivity index (χ3v) is 5.55. The van der Waals surface area contributed by atoms with Crippen molar-refractivity contribution in [1.29, 1.82) is 0 Å². The molecule has 0 saturated heterocycles. The lowest BCUT2D eigenvalue weighted by atomic mass is 10.2. The van der Waals surface area contributed by atoms with Crippen molar-refractivity contribution in [3.8, 4) is 5.75 Å². The van der Waals surface area contributed by atoms with Crippen LogP contribution in [-0.4, -0.2) is 17.1 Å². The molecule has 0 atom stereocenters. The number of para-hydroxylation sites is 1. The maximum atomic E-state index is 12.9. The molecule has 142 valence electrons. The summed E-state index contributed by atoms with van der Waals surface area (Å²) in [6, 6.07) is 23.8. The van der Waals surface area contributed by atoms with Gasteiger partial charge < -0.3 is 14.6 Å². The van der Waals surface area contributed by atoms with Gasteiger partial charge in [-0.3, -0.25) is 4.79 Å². The van der Waals surface area contributed by atoms with E-state index in [2.05, 4.69) is 22.9 Å². The van der Waals surface area contributed by atoms with E-state index in [1.807, 2.05) is 66.7 Å². The second-order valence-electron chi connectivity index (χ2n) is 6.62. The van der Waals surface area contributed by atoms with Gasteiger partial charge in [0.2, 0.25) is 0 Å². The number of carbonyl (C=O) groups is 1. The van der Waals surface area contributed by atoms with Crippen molar-refractivity contribution < 1.29 is 9.53 Å². The highest BCUT2D eigenvalue weighted by molar-refractivity contribution is 7.19. The Balaban J connectivity index is 1.51. The van der Waals surface area contributed by atoms with Crippen molar-refractivity contribution in [2.45, 2.75) is 20.0 Å². The van der Waals surface area contributed by atoms with E-state index >= 15 is 0 Å². The van der Waals surface area contributed by atoms with E-state index < -0.39 is 0 Å². The molecule has 4 rings (SSSR count). The van der Waals surface area contributed by atoms with Gasteiger partial charge in [-0.25, -0.2) is 0 Å². The summed E-state index contributed by atoms with van der Waals surface area (Å²) in [5.41, 5.74) is 2.84. The Bertz CT molecular complexity index is 1070. The summed E-state index contributed by atoms with van der Waals surface area (Å²) in [6.45, 7) is 3.72. The molecule has 5 heteroatoms. The van der Waals surface area contributed by atoms with Crippen LogP contribution in [0.4, 0.5) is 0 Å². The Kier molecular flexibility index (Phi) is 5.44. The number of amides is 1. The van der Waals surface area contributed by atoms with Crippen LogP contribution in [0, 0.1) is 6.92 Å². The number of rotatable bonds is 7. The minimum atomic E-state index is -0.0652. The highest BCUT2D eigenvalue weighted by Gasteiger charge is 2.17. The Labute approximate surface area is 168 Å². The van der Waals surface area contributed by atoms with Crippen LogP contribution in [0.2, 0.25) is 0 Å². The van der Waals surface area contributed by atoms with E-state index in [0.717, 1.165) is 21.5 Å². The van der Waals surface area contributed by atoms with E-state index in [9.17, 15) is 4.79 Å². The Morgan fingerprint density at radius 1 is 1.04 bits per heavy atom. The minimum absolute atomic E-state index is 0.0652. The summed E-state index contributed by atoms with van der Waals surface area (Å²) in [5.74, 6) is 0.770. The van der Waals surface area contributed by atoms with Crippen LogP contribution < -0.4 is 10.1 Å². The lowest BCUT2D eigenvalue weighted by Crippen LogP contribution is -2.26. The average molecular weight is 391 g/mol. The molecule has 0 aliphatic rings. The van der Waals surface area contributed by atoms with Crippen LogP contribution in [-0.2, 0) is 13.1 Å². The molecular weight excluding hydrogens is 368 g/mol. The molecule has 2 aromatic carbocycles. The number of aromatic nitrogens is 1. The van der Waals surface area contributed by atoms with Crippen molar-refractivity contribution >= 4 is 27.5 Å². The Morgan fingerprint density at radius 2 is 1.75 bits per heavy atom. The fourth-order valence-corrected chi connectivity index (χ4v) is 4.20. The number of thiophene rings is 1. The molecule has 0 unspecified atom stereocenters. The largest absolute Gasteiger partial charge is 0.492 e. The van der Waals surface area contributed by atoms with E-state index in [4.69, 9.17) is 4.74 Å². The van der Waals surface area contributed by atoms with Gasteiger partial charge in [-0.15, -0.1) is 11.3 Å². The molecule has 0 bridgehead atoms. The summed E-state index contributed by atoms with van der Waals surface area (Å²) in [5, 5.41) is 3.03.